The van der Waals surface area contributed by atoms with Crippen molar-refractivity contribution in [3.8, 4) is 0 Å². The lowest BCUT2D eigenvalue weighted by Crippen LogP contribution is -2.21. The highest BCUT2D eigenvalue weighted by molar-refractivity contribution is 5.83. The van der Waals surface area contributed by atoms with E-state index in [0.717, 1.165) is 13.1 Å². The van der Waals surface area contributed by atoms with Crippen LogP contribution in [0.15, 0.2) is 30.5 Å². The van der Waals surface area contributed by atoms with Gasteiger partial charge in [-0.3, -0.25) is 0 Å². The van der Waals surface area contributed by atoms with Gasteiger partial charge in [0.1, 0.15) is 0 Å². The number of hydrogen-bond acceptors (Lipinski definition) is 1. The first-order valence-corrected chi connectivity index (χ1v) is 5.17. The van der Waals surface area contributed by atoms with Crippen LogP contribution in [0.3, 0.4) is 0 Å². The molecule has 0 saturated carbocycles. The van der Waals surface area contributed by atoms with Crippen molar-refractivity contribution in [3.05, 3.63) is 30.5 Å². The molecule has 2 nitrogen and oxygen atoms in total. The SMILES string of the molecule is CCN(CC)c1ccc2[nH]ccc2c1. The Morgan fingerprint density at radius 1 is 1.14 bits per heavy atom. The molecule has 0 bridgehead atoms. The van der Waals surface area contributed by atoms with E-state index in [9.17, 15) is 0 Å². The highest BCUT2D eigenvalue weighted by Gasteiger charge is 2.02. The molecule has 74 valence electrons. The first kappa shape index (κ1) is 9.13. The van der Waals surface area contributed by atoms with Crippen molar-refractivity contribution < 1.29 is 0 Å². The van der Waals surface area contributed by atoms with Crippen LogP contribution in [0.4, 0.5) is 5.69 Å². The van der Waals surface area contributed by atoms with Gasteiger partial charge in [-0.25, -0.2) is 0 Å². The third-order valence-electron chi connectivity index (χ3n) is 2.67. The Balaban J connectivity index is 2.42. The Labute approximate surface area is 84.5 Å². The third-order valence-corrected chi connectivity index (χ3v) is 2.67. The molecule has 2 rings (SSSR count). The number of rotatable bonds is 3. The van der Waals surface area contributed by atoms with E-state index in [1.807, 2.05) is 6.20 Å². The van der Waals surface area contributed by atoms with Gasteiger partial charge in [0.05, 0.1) is 0 Å². The second-order valence-corrected chi connectivity index (χ2v) is 3.42. The number of nitrogens with zero attached hydrogens (tertiary/aromatic N) is 1. The fourth-order valence-corrected chi connectivity index (χ4v) is 1.83. The van der Waals surface area contributed by atoms with Crippen molar-refractivity contribution >= 4 is 16.6 Å². The number of anilines is 1. The summed E-state index contributed by atoms with van der Waals surface area (Å²) in [5.41, 5.74) is 2.52. The summed E-state index contributed by atoms with van der Waals surface area (Å²) in [5, 5.41) is 1.29. The zero-order valence-corrected chi connectivity index (χ0v) is 8.75. The Morgan fingerprint density at radius 3 is 2.64 bits per heavy atom. The second-order valence-electron chi connectivity index (χ2n) is 3.42. The molecule has 14 heavy (non-hydrogen) atoms. The summed E-state index contributed by atoms with van der Waals surface area (Å²) in [4.78, 5) is 5.56. The van der Waals surface area contributed by atoms with Crippen molar-refractivity contribution in [1.29, 1.82) is 0 Å². The fourth-order valence-electron chi connectivity index (χ4n) is 1.83. The van der Waals surface area contributed by atoms with E-state index in [1.165, 1.54) is 16.6 Å². The Hall–Kier alpha value is -1.44. The number of fused-ring (bicyclic) bond motifs is 1. The zero-order valence-electron chi connectivity index (χ0n) is 8.75. The Kier molecular flexibility index (Phi) is 2.44. The monoisotopic (exact) mass is 188 g/mol. The average Bonchev–Trinajstić information content (AvgIpc) is 2.66. The standard InChI is InChI=1S/C12H16N2/c1-3-14(4-2)11-5-6-12-10(9-11)7-8-13-12/h5-9,13H,3-4H2,1-2H3. The van der Waals surface area contributed by atoms with Crippen molar-refractivity contribution in [2.45, 2.75) is 13.8 Å². The summed E-state index contributed by atoms with van der Waals surface area (Å²) in [6.07, 6.45) is 1.98. The van der Waals surface area contributed by atoms with Crippen LogP contribution in [0.2, 0.25) is 0 Å². The van der Waals surface area contributed by atoms with Gasteiger partial charge in [0.15, 0.2) is 0 Å². The molecule has 1 aromatic carbocycles. The van der Waals surface area contributed by atoms with Gasteiger partial charge >= 0.3 is 0 Å². The molecule has 0 unspecified atom stereocenters. The first-order valence-electron chi connectivity index (χ1n) is 5.17. The fraction of sp³-hybridized carbons (Fsp3) is 0.333. The normalized spacial score (nSPS) is 10.7. The van der Waals surface area contributed by atoms with Crippen LogP contribution in [-0.4, -0.2) is 18.1 Å². The maximum absolute atomic E-state index is 3.20. The lowest BCUT2D eigenvalue weighted by molar-refractivity contribution is 0.867. The van der Waals surface area contributed by atoms with Crippen LogP contribution in [0.1, 0.15) is 13.8 Å². The van der Waals surface area contributed by atoms with Gasteiger partial charge in [-0.15, -0.1) is 0 Å². The van der Waals surface area contributed by atoms with Crippen LogP contribution in [0.25, 0.3) is 10.9 Å². The van der Waals surface area contributed by atoms with Crippen molar-refractivity contribution in [3.63, 3.8) is 0 Å². The number of nitrogens with one attached hydrogen (secondary N) is 1. The van der Waals surface area contributed by atoms with Crippen molar-refractivity contribution in [2.75, 3.05) is 18.0 Å². The smallest absolute Gasteiger partial charge is 0.0455 e. The quantitative estimate of drug-likeness (QED) is 0.784. The molecule has 0 aliphatic rings. The molecular weight excluding hydrogens is 172 g/mol. The van der Waals surface area contributed by atoms with Crippen molar-refractivity contribution in [2.24, 2.45) is 0 Å². The van der Waals surface area contributed by atoms with E-state index in [-0.39, 0.29) is 0 Å². The summed E-state index contributed by atoms with van der Waals surface area (Å²) in [6.45, 7) is 6.49. The summed E-state index contributed by atoms with van der Waals surface area (Å²) < 4.78 is 0. The number of aromatic nitrogens is 1. The largest absolute Gasteiger partial charge is 0.372 e. The Morgan fingerprint density at radius 2 is 1.93 bits per heavy atom. The molecule has 0 atom stereocenters. The average molecular weight is 188 g/mol. The van der Waals surface area contributed by atoms with Gasteiger partial charge < -0.3 is 9.88 Å². The summed E-state index contributed by atoms with van der Waals surface area (Å²) in [5.74, 6) is 0. The van der Waals surface area contributed by atoms with E-state index in [2.05, 4.69) is 48.0 Å². The minimum absolute atomic E-state index is 1.06. The van der Waals surface area contributed by atoms with E-state index in [1.54, 1.807) is 0 Å². The molecule has 0 spiro atoms. The van der Waals surface area contributed by atoms with E-state index < -0.39 is 0 Å². The number of hydrogen-bond donors (Lipinski definition) is 1. The summed E-state index contributed by atoms with van der Waals surface area (Å²) in [6, 6.07) is 8.66. The maximum atomic E-state index is 3.20. The van der Waals surface area contributed by atoms with Gasteiger partial charge in [0.2, 0.25) is 0 Å². The molecule has 1 aromatic heterocycles. The Bertz CT molecular complexity index is 413. The molecule has 2 aromatic rings. The first-order chi connectivity index (χ1) is 6.85. The van der Waals surface area contributed by atoms with E-state index in [4.69, 9.17) is 0 Å². The van der Waals surface area contributed by atoms with Gasteiger partial charge in [0.25, 0.3) is 0 Å². The van der Waals surface area contributed by atoms with Gasteiger partial charge in [-0.2, -0.15) is 0 Å². The minimum atomic E-state index is 1.06. The lowest BCUT2D eigenvalue weighted by Gasteiger charge is -2.20. The third kappa shape index (κ3) is 1.48. The molecule has 1 N–H and O–H groups in total. The zero-order chi connectivity index (χ0) is 9.97. The molecule has 1 heterocycles. The molecule has 0 amide bonds. The van der Waals surface area contributed by atoms with Crippen LogP contribution in [-0.2, 0) is 0 Å². The summed E-state index contributed by atoms with van der Waals surface area (Å²) in [7, 11) is 0. The molecule has 0 fully saturated rings. The van der Waals surface area contributed by atoms with Gasteiger partial charge in [0, 0.05) is 35.9 Å². The van der Waals surface area contributed by atoms with Crippen LogP contribution in [0, 0.1) is 0 Å². The molecule has 0 aliphatic heterocycles. The van der Waals surface area contributed by atoms with Crippen molar-refractivity contribution in [1.82, 2.24) is 4.98 Å². The second kappa shape index (κ2) is 3.74. The molecule has 0 radical (unpaired) electrons. The van der Waals surface area contributed by atoms with Crippen LogP contribution < -0.4 is 4.90 Å². The predicted molar refractivity (Wildman–Crippen MR) is 61.9 cm³/mol. The molecule has 2 heteroatoms. The minimum Gasteiger partial charge on any atom is -0.372 e. The molecule has 0 aliphatic carbocycles. The van der Waals surface area contributed by atoms with E-state index in [0.29, 0.717) is 0 Å². The predicted octanol–water partition coefficient (Wildman–Crippen LogP) is 3.01. The lowest BCUT2D eigenvalue weighted by atomic mass is 10.2. The number of H-pyrrole nitrogens is 1. The number of benzene rings is 1. The highest BCUT2D eigenvalue weighted by Crippen LogP contribution is 2.20. The van der Waals surface area contributed by atoms with Gasteiger partial charge in [-0.05, 0) is 38.1 Å². The molecular formula is C12H16N2. The van der Waals surface area contributed by atoms with Crippen LogP contribution in [0.5, 0.6) is 0 Å². The van der Waals surface area contributed by atoms with Gasteiger partial charge in [-0.1, -0.05) is 0 Å². The molecule has 0 saturated heterocycles. The topological polar surface area (TPSA) is 19.0 Å². The van der Waals surface area contributed by atoms with E-state index >= 15 is 0 Å². The number of aromatic amines is 1. The maximum Gasteiger partial charge on any atom is 0.0455 e. The van der Waals surface area contributed by atoms with Crippen LogP contribution >= 0.6 is 0 Å². The highest BCUT2D eigenvalue weighted by atomic mass is 15.1. The summed E-state index contributed by atoms with van der Waals surface area (Å²) >= 11 is 0.